The molecule has 1 fully saturated rings. The molecule has 2 rings (SSSR count). The van der Waals surface area contributed by atoms with Crippen LogP contribution in [-0.2, 0) is 9.53 Å². The number of hydrogen-bond acceptors (Lipinski definition) is 4. The maximum Gasteiger partial charge on any atom is 0.251 e. The summed E-state index contributed by atoms with van der Waals surface area (Å²) in [5, 5.41) is 5.93. The van der Waals surface area contributed by atoms with Crippen LogP contribution in [0.5, 0.6) is 5.75 Å². The molecule has 6 heteroatoms. The molecule has 0 radical (unpaired) electrons. The number of ether oxygens (including phenoxy) is 2. The average Bonchev–Trinajstić information content (AvgIpc) is 2.69. The van der Waals surface area contributed by atoms with E-state index >= 15 is 0 Å². The lowest BCUT2D eigenvalue weighted by Gasteiger charge is -2.40. The first-order valence-electron chi connectivity index (χ1n) is 10.5. The minimum absolute atomic E-state index is 0.0237. The number of carbonyl (C=O) groups is 2. The second-order valence-corrected chi connectivity index (χ2v) is 9.23. The zero-order valence-corrected chi connectivity index (χ0v) is 18.6. The molecule has 162 valence electrons. The van der Waals surface area contributed by atoms with Gasteiger partial charge in [0.05, 0.1) is 13.2 Å². The molecule has 0 saturated carbocycles. The van der Waals surface area contributed by atoms with E-state index in [2.05, 4.69) is 31.4 Å². The first-order valence-corrected chi connectivity index (χ1v) is 10.5. The van der Waals surface area contributed by atoms with E-state index in [1.807, 2.05) is 13.8 Å². The SMILES string of the molecule is COc1ccc(C(=O)NC(C(=O)NCC2CCCOC2C(C)(C)C)C(C)C)cc1. The summed E-state index contributed by atoms with van der Waals surface area (Å²) >= 11 is 0. The predicted molar refractivity (Wildman–Crippen MR) is 114 cm³/mol. The quantitative estimate of drug-likeness (QED) is 0.730. The van der Waals surface area contributed by atoms with Crippen molar-refractivity contribution in [2.24, 2.45) is 17.3 Å². The zero-order valence-electron chi connectivity index (χ0n) is 18.6. The second-order valence-electron chi connectivity index (χ2n) is 9.23. The van der Waals surface area contributed by atoms with Gasteiger partial charge in [0.25, 0.3) is 5.91 Å². The molecule has 0 aromatic heterocycles. The molecule has 3 unspecified atom stereocenters. The maximum atomic E-state index is 12.9. The van der Waals surface area contributed by atoms with Crippen molar-refractivity contribution in [2.75, 3.05) is 20.3 Å². The monoisotopic (exact) mass is 404 g/mol. The van der Waals surface area contributed by atoms with Gasteiger partial charge in [0, 0.05) is 24.6 Å². The summed E-state index contributed by atoms with van der Waals surface area (Å²) in [7, 11) is 1.58. The molecule has 3 atom stereocenters. The van der Waals surface area contributed by atoms with Gasteiger partial charge in [0.2, 0.25) is 5.91 Å². The summed E-state index contributed by atoms with van der Waals surface area (Å²) < 4.78 is 11.1. The Morgan fingerprint density at radius 1 is 1.21 bits per heavy atom. The van der Waals surface area contributed by atoms with Gasteiger partial charge in [-0.25, -0.2) is 0 Å². The van der Waals surface area contributed by atoms with Crippen LogP contribution in [-0.4, -0.2) is 44.2 Å². The molecule has 0 spiro atoms. The smallest absolute Gasteiger partial charge is 0.251 e. The normalized spacial score (nSPS) is 20.8. The van der Waals surface area contributed by atoms with E-state index in [-0.39, 0.29) is 35.2 Å². The Morgan fingerprint density at radius 3 is 2.41 bits per heavy atom. The fourth-order valence-corrected chi connectivity index (χ4v) is 3.85. The highest BCUT2D eigenvalue weighted by Crippen LogP contribution is 2.33. The topological polar surface area (TPSA) is 76.7 Å². The second kappa shape index (κ2) is 10.1. The molecule has 2 amide bonds. The third-order valence-corrected chi connectivity index (χ3v) is 5.42. The van der Waals surface area contributed by atoms with Gasteiger partial charge in [-0.1, -0.05) is 34.6 Å². The van der Waals surface area contributed by atoms with Crippen LogP contribution >= 0.6 is 0 Å². The van der Waals surface area contributed by atoms with Crippen molar-refractivity contribution in [3.05, 3.63) is 29.8 Å². The predicted octanol–water partition coefficient (Wildman–Crippen LogP) is 3.41. The van der Waals surface area contributed by atoms with Gasteiger partial charge in [-0.2, -0.15) is 0 Å². The van der Waals surface area contributed by atoms with Crippen LogP contribution < -0.4 is 15.4 Å². The van der Waals surface area contributed by atoms with Crippen LogP contribution in [0.1, 0.15) is 57.8 Å². The van der Waals surface area contributed by atoms with Gasteiger partial charge in [0.15, 0.2) is 0 Å². The molecule has 0 bridgehead atoms. The van der Waals surface area contributed by atoms with Gasteiger partial charge < -0.3 is 20.1 Å². The largest absolute Gasteiger partial charge is 0.497 e. The summed E-state index contributed by atoms with van der Waals surface area (Å²) in [6.45, 7) is 11.7. The highest BCUT2D eigenvalue weighted by molar-refractivity contribution is 5.97. The van der Waals surface area contributed by atoms with E-state index in [4.69, 9.17) is 9.47 Å². The van der Waals surface area contributed by atoms with Crippen molar-refractivity contribution in [2.45, 2.75) is 59.6 Å². The molecule has 29 heavy (non-hydrogen) atoms. The Kier molecular flexibility index (Phi) is 8.08. The van der Waals surface area contributed by atoms with Crippen LogP contribution in [0.25, 0.3) is 0 Å². The number of rotatable bonds is 7. The molecule has 6 nitrogen and oxygen atoms in total. The fourth-order valence-electron chi connectivity index (χ4n) is 3.85. The number of hydrogen-bond donors (Lipinski definition) is 2. The molecule has 1 aliphatic rings. The van der Waals surface area contributed by atoms with Crippen molar-refractivity contribution < 1.29 is 19.1 Å². The van der Waals surface area contributed by atoms with Crippen LogP contribution in [0.2, 0.25) is 0 Å². The third-order valence-electron chi connectivity index (χ3n) is 5.42. The number of carbonyl (C=O) groups excluding carboxylic acids is 2. The Morgan fingerprint density at radius 2 is 1.86 bits per heavy atom. The summed E-state index contributed by atoms with van der Waals surface area (Å²) in [5.74, 6) is 0.508. The molecule has 1 aliphatic heterocycles. The van der Waals surface area contributed by atoms with Crippen LogP contribution in [0.15, 0.2) is 24.3 Å². The average molecular weight is 405 g/mol. The summed E-state index contributed by atoms with van der Waals surface area (Å²) in [6.07, 6.45) is 2.16. The maximum absolute atomic E-state index is 12.9. The summed E-state index contributed by atoms with van der Waals surface area (Å²) in [6, 6.07) is 6.25. The molecule has 2 N–H and O–H groups in total. The standard InChI is InChI=1S/C23H36N2O4/c1-15(2)19(25-21(26)16-9-11-18(28-6)12-10-16)22(27)24-14-17-8-7-13-29-20(17)23(3,4)5/h9-12,15,17,19-20H,7-8,13-14H2,1-6H3,(H,24,27)(H,25,26). The van der Waals surface area contributed by atoms with Crippen molar-refractivity contribution in [3.63, 3.8) is 0 Å². The molecule has 1 saturated heterocycles. The molecular weight excluding hydrogens is 368 g/mol. The minimum atomic E-state index is -0.595. The summed E-state index contributed by atoms with van der Waals surface area (Å²) in [5.41, 5.74) is 0.522. The lowest BCUT2D eigenvalue weighted by molar-refractivity contribution is -0.125. The van der Waals surface area contributed by atoms with Crippen molar-refractivity contribution in [3.8, 4) is 5.75 Å². The Hall–Kier alpha value is -2.08. The molecule has 1 heterocycles. The van der Waals surface area contributed by atoms with E-state index in [0.717, 1.165) is 19.4 Å². The minimum Gasteiger partial charge on any atom is -0.497 e. The molecule has 0 aliphatic carbocycles. The number of benzene rings is 1. The van der Waals surface area contributed by atoms with E-state index in [9.17, 15) is 9.59 Å². The molecule has 1 aromatic carbocycles. The first-order chi connectivity index (χ1) is 13.6. The number of methoxy groups -OCH3 is 1. The van der Waals surface area contributed by atoms with Crippen LogP contribution in [0, 0.1) is 17.3 Å². The van der Waals surface area contributed by atoms with E-state index in [1.165, 1.54) is 0 Å². The van der Waals surface area contributed by atoms with Crippen molar-refractivity contribution >= 4 is 11.8 Å². The van der Waals surface area contributed by atoms with Gasteiger partial charge in [-0.3, -0.25) is 9.59 Å². The first kappa shape index (κ1) is 23.2. The third kappa shape index (κ3) is 6.46. The van der Waals surface area contributed by atoms with E-state index in [0.29, 0.717) is 17.9 Å². The Bertz CT molecular complexity index is 679. The van der Waals surface area contributed by atoms with Gasteiger partial charge >= 0.3 is 0 Å². The van der Waals surface area contributed by atoms with Crippen LogP contribution in [0.4, 0.5) is 0 Å². The van der Waals surface area contributed by atoms with Gasteiger partial charge in [0.1, 0.15) is 11.8 Å². The highest BCUT2D eigenvalue weighted by atomic mass is 16.5. The zero-order chi connectivity index (χ0) is 21.6. The molecule has 1 aromatic rings. The van der Waals surface area contributed by atoms with E-state index in [1.54, 1.807) is 31.4 Å². The van der Waals surface area contributed by atoms with Crippen molar-refractivity contribution in [1.29, 1.82) is 0 Å². The Labute approximate surface area is 174 Å². The van der Waals surface area contributed by atoms with Crippen molar-refractivity contribution in [1.82, 2.24) is 10.6 Å². The number of amides is 2. The van der Waals surface area contributed by atoms with E-state index < -0.39 is 6.04 Å². The van der Waals surface area contributed by atoms with Crippen LogP contribution in [0.3, 0.4) is 0 Å². The highest BCUT2D eigenvalue weighted by Gasteiger charge is 2.36. The summed E-state index contributed by atoms with van der Waals surface area (Å²) in [4.78, 5) is 25.5. The van der Waals surface area contributed by atoms with Gasteiger partial charge in [-0.15, -0.1) is 0 Å². The molecular formula is C23H36N2O4. The lowest BCUT2D eigenvalue weighted by atomic mass is 9.78. The van der Waals surface area contributed by atoms with Gasteiger partial charge in [-0.05, 0) is 48.4 Å². The lowest BCUT2D eigenvalue weighted by Crippen LogP contribution is -2.52. The number of nitrogens with one attached hydrogen (secondary N) is 2. The fraction of sp³-hybridized carbons (Fsp3) is 0.652. The Balaban J connectivity index is 1.98.